The van der Waals surface area contributed by atoms with E-state index in [1.165, 1.54) is 19.8 Å². The van der Waals surface area contributed by atoms with Crippen molar-refractivity contribution < 1.29 is 29.6 Å². The van der Waals surface area contributed by atoms with Crippen LogP contribution in [0.15, 0.2) is 0 Å². The molecule has 2 spiro atoms. The number of aliphatic hydroxyl groups is 3. The maximum absolute atomic E-state index is 12.3. The Morgan fingerprint density at radius 3 is 2.26 bits per heavy atom. The molecule has 0 amide bonds. The van der Waals surface area contributed by atoms with Gasteiger partial charge in [0.25, 0.3) is 0 Å². The molecule has 0 aromatic rings. The lowest BCUT2D eigenvalue weighted by atomic mass is 9.41. The Hall–Kier alpha value is -0.690. The number of ether oxygens (including phenoxy) is 2. The summed E-state index contributed by atoms with van der Waals surface area (Å²) >= 11 is 0. The molecule has 1 heterocycles. The second-order valence-electron chi connectivity index (χ2n) is 16.3. The maximum Gasteiger partial charge on any atom is 0.303 e. The zero-order chi connectivity index (χ0) is 27.8. The van der Waals surface area contributed by atoms with E-state index in [-0.39, 0.29) is 45.7 Å². The summed E-state index contributed by atoms with van der Waals surface area (Å²) in [6.45, 7) is 16.4. The summed E-state index contributed by atoms with van der Waals surface area (Å²) in [5, 5.41) is 34.2. The lowest BCUT2D eigenvalue weighted by Crippen LogP contribution is -2.59. The van der Waals surface area contributed by atoms with Gasteiger partial charge < -0.3 is 24.8 Å². The third kappa shape index (κ3) is 3.13. The van der Waals surface area contributed by atoms with E-state index in [1.54, 1.807) is 13.8 Å². The van der Waals surface area contributed by atoms with Gasteiger partial charge in [0.1, 0.15) is 0 Å². The number of carbonyl (C=O) groups is 1. The van der Waals surface area contributed by atoms with Gasteiger partial charge in [-0.15, -0.1) is 0 Å². The topological polar surface area (TPSA) is 96.2 Å². The molecule has 0 aromatic carbocycles. The van der Waals surface area contributed by atoms with Crippen LogP contribution in [0.2, 0.25) is 0 Å². The fraction of sp³-hybridized carbons (Fsp3) is 0.969. The van der Waals surface area contributed by atoms with E-state index in [0.29, 0.717) is 23.7 Å². The number of aliphatic hydroxyl groups excluding tert-OH is 2. The third-order valence-electron chi connectivity index (χ3n) is 14.1. The van der Waals surface area contributed by atoms with Crippen LogP contribution in [0.25, 0.3) is 0 Å². The predicted octanol–water partition coefficient (Wildman–Crippen LogP) is 4.86. The van der Waals surface area contributed by atoms with E-state index in [9.17, 15) is 20.1 Å². The van der Waals surface area contributed by atoms with Crippen molar-refractivity contribution in [2.45, 2.75) is 143 Å². The van der Waals surface area contributed by atoms with E-state index in [1.807, 2.05) is 0 Å². The molecule has 0 aromatic heterocycles. The normalized spacial score (nSPS) is 55.4. The highest BCUT2D eigenvalue weighted by Crippen LogP contribution is 2.89. The van der Waals surface area contributed by atoms with Crippen LogP contribution in [0.5, 0.6) is 0 Å². The van der Waals surface area contributed by atoms with Gasteiger partial charge in [-0.2, -0.15) is 0 Å². The predicted molar refractivity (Wildman–Crippen MR) is 144 cm³/mol. The van der Waals surface area contributed by atoms with Crippen molar-refractivity contribution in [3.63, 3.8) is 0 Å². The molecule has 38 heavy (non-hydrogen) atoms. The summed E-state index contributed by atoms with van der Waals surface area (Å²) in [6, 6.07) is 0. The molecule has 1 saturated heterocycles. The van der Waals surface area contributed by atoms with E-state index < -0.39 is 29.9 Å². The van der Waals surface area contributed by atoms with Crippen molar-refractivity contribution in [3.8, 4) is 0 Å². The molecule has 2 unspecified atom stereocenters. The Morgan fingerprint density at radius 2 is 1.63 bits per heavy atom. The average Bonchev–Trinajstić information content (AvgIpc) is 3.44. The summed E-state index contributed by atoms with van der Waals surface area (Å²) in [7, 11) is 0. The summed E-state index contributed by atoms with van der Waals surface area (Å²) < 4.78 is 12.4. The Bertz CT molecular complexity index is 1000. The molecule has 6 nitrogen and oxygen atoms in total. The lowest BCUT2D eigenvalue weighted by Gasteiger charge is -2.63. The molecule has 5 aliphatic carbocycles. The van der Waals surface area contributed by atoms with Crippen LogP contribution in [0.4, 0.5) is 0 Å². The average molecular weight is 533 g/mol. The molecule has 6 heteroatoms. The molecule has 6 aliphatic rings. The monoisotopic (exact) mass is 532 g/mol. The standard InChI is InChI=1S/C32H52O6/c1-17-15-19(26(28(5,6)36)37-18(2)33)38-24-23(17)29(7)13-14-32-16-31(32)12-11-22(34)27(3,4)20(31)9-10-21(32)30(29,8)25(24)35/h17,19-26,34-36H,9-16H2,1-8H3/t17-,19-,20+,21+,22-,23?,24?,25+,26+,29-,30-,31-,32+/m1/s1. The van der Waals surface area contributed by atoms with E-state index in [0.717, 1.165) is 32.1 Å². The highest BCUT2D eigenvalue weighted by Gasteiger charge is 2.84. The van der Waals surface area contributed by atoms with Gasteiger partial charge in [-0.3, -0.25) is 4.79 Å². The number of hydrogen-bond donors (Lipinski definition) is 3. The first-order valence-electron chi connectivity index (χ1n) is 15.4. The fourth-order valence-electron chi connectivity index (χ4n) is 12.4. The van der Waals surface area contributed by atoms with Gasteiger partial charge in [-0.25, -0.2) is 0 Å². The smallest absolute Gasteiger partial charge is 0.303 e. The zero-order valence-corrected chi connectivity index (χ0v) is 24.9. The van der Waals surface area contributed by atoms with Crippen molar-refractivity contribution in [2.75, 3.05) is 0 Å². The van der Waals surface area contributed by atoms with Crippen molar-refractivity contribution >= 4 is 5.97 Å². The molecule has 6 fully saturated rings. The maximum atomic E-state index is 12.3. The number of fused-ring (bicyclic) bond motifs is 4. The Kier molecular flexibility index (Phi) is 5.77. The Balaban J connectivity index is 1.35. The molecule has 0 radical (unpaired) electrons. The molecule has 13 atom stereocenters. The SMILES string of the molecule is CC(=O)O[C@@H]([C@H]1C[C@@H](C)C2C(O1)[C@H](O)[C@@]1(C)[C@@H]3CC[C@H]4C(C)(C)[C@H](O)CC[C@@]45C[C@@]35CC[C@]21C)C(C)(C)O. The fourth-order valence-corrected chi connectivity index (χ4v) is 12.4. The van der Waals surface area contributed by atoms with Crippen LogP contribution in [-0.4, -0.2) is 57.4 Å². The molecular formula is C32H52O6. The van der Waals surface area contributed by atoms with Gasteiger partial charge >= 0.3 is 5.97 Å². The van der Waals surface area contributed by atoms with E-state index in [4.69, 9.17) is 9.47 Å². The van der Waals surface area contributed by atoms with Crippen LogP contribution < -0.4 is 0 Å². The Morgan fingerprint density at radius 1 is 1.00 bits per heavy atom. The van der Waals surface area contributed by atoms with Crippen LogP contribution in [-0.2, 0) is 14.3 Å². The summed E-state index contributed by atoms with van der Waals surface area (Å²) in [5.74, 6) is 1.09. The van der Waals surface area contributed by atoms with Gasteiger partial charge in [-0.1, -0.05) is 34.6 Å². The summed E-state index contributed by atoms with van der Waals surface area (Å²) in [4.78, 5) is 11.9. The van der Waals surface area contributed by atoms with Crippen LogP contribution in [0.1, 0.15) is 107 Å². The zero-order valence-electron chi connectivity index (χ0n) is 24.9. The van der Waals surface area contributed by atoms with Gasteiger partial charge in [-0.05, 0) is 111 Å². The van der Waals surface area contributed by atoms with E-state index in [2.05, 4.69) is 34.6 Å². The molecule has 6 rings (SSSR count). The van der Waals surface area contributed by atoms with Crippen molar-refractivity contribution in [2.24, 2.45) is 50.7 Å². The second-order valence-corrected chi connectivity index (χ2v) is 16.3. The first-order chi connectivity index (χ1) is 17.5. The van der Waals surface area contributed by atoms with Crippen molar-refractivity contribution in [1.82, 2.24) is 0 Å². The molecule has 3 N–H and O–H groups in total. The number of rotatable bonds is 3. The molecule has 216 valence electrons. The minimum Gasteiger partial charge on any atom is -0.457 e. The molecule has 1 aliphatic heterocycles. The molecule has 5 saturated carbocycles. The first-order valence-corrected chi connectivity index (χ1v) is 15.4. The third-order valence-corrected chi connectivity index (χ3v) is 14.1. The first kappa shape index (κ1) is 27.5. The van der Waals surface area contributed by atoms with Crippen LogP contribution >= 0.6 is 0 Å². The highest BCUT2D eigenvalue weighted by atomic mass is 16.6. The summed E-state index contributed by atoms with van der Waals surface area (Å²) in [6.07, 6.45) is 6.19. The van der Waals surface area contributed by atoms with E-state index >= 15 is 0 Å². The highest BCUT2D eigenvalue weighted by molar-refractivity contribution is 5.66. The number of carbonyl (C=O) groups excluding carboxylic acids is 1. The molecule has 0 bridgehead atoms. The van der Waals surface area contributed by atoms with Gasteiger partial charge in [0.15, 0.2) is 6.10 Å². The van der Waals surface area contributed by atoms with Crippen LogP contribution in [0.3, 0.4) is 0 Å². The number of hydrogen-bond acceptors (Lipinski definition) is 6. The second kappa shape index (κ2) is 7.98. The van der Waals surface area contributed by atoms with Crippen molar-refractivity contribution in [1.29, 1.82) is 0 Å². The van der Waals surface area contributed by atoms with Gasteiger partial charge in [0.2, 0.25) is 0 Å². The summed E-state index contributed by atoms with van der Waals surface area (Å²) in [5.41, 5.74) is -1.01. The van der Waals surface area contributed by atoms with Gasteiger partial charge in [0.05, 0.1) is 30.0 Å². The van der Waals surface area contributed by atoms with Crippen molar-refractivity contribution in [3.05, 3.63) is 0 Å². The molecular weight excluding hydrogens is 480 g/mol. The largest absolute Gasteiger partial charge is 0.457 e. The van der Waals surface area contributed by atoms with Gasteiger partial charge in [0, 0.05) is 12.3 Å². The Labute approximate surface area is 229 Å². The number of esters is 1. The quantitative estimate of drug-likeness (QED) is 0.449. The minimum atomic E-state index is -1.24. The minimum absolute atomic E-state index is 0.0383. The lowest BCUT2D eigenvalue weighted by molar-refractivity contribution is -0.216. The van der Waals surface area contributed by atoms with Crippen LogP contribution in [0, 0.1) is 50.7 Å².